The molecular weight excluding hydrogens is 304 g/mol. The molecule has 0 spiro atoms. The zero-order chi connectivity index (χ0) is 16.8. The minimum Gasteiger partial charge on any atom is -0.394 e. The Morgan fingerprint density at radius 1 is 1.52 bits per heavy atom. The van der Waals surface area contributed by atoms with Crippen molar-refractivity contribution in [2.24, 2.45) is 0 Å². The van der Waals surface area contributed by atoms with Crippen LogP contribution in [-0.2, 0) is 4.74 Å². The van der Waals surface area contributed by atoms with E-state index in [1.54, 1.807) is 0 Å². The molecule has 1 saturated heterocycles. The Kier molecular flexibility index (Phi) is 3.71. The van der Waals surface area contributed by atoms with Crippen molar-refractivity contribution in [3.05, 3.63) is 18.1 Å². The van der Waals surface area contributed by atoms with E-state index in [0.29, 0.717) is 16.6 Å². The first-order valence-corrected chi connectivity index (χ1v) is 6.84. The molecule has 2 aromatic rings. The number of ether oxygens (including phenoxy) is 1. The number of aromatic nitrogens is 3. The predicted molar refractivity (Wildman–Crippen MR) is 78.5 cm³/mol. The highest BCUT2D eigenvalue weighted by molar-refractivity contribution is 5.92. The summed E-state index contributed by atoms with van der Waals surface area (Å²) < 4.78 is 7.02. The summed E-state index contributed by atoms with van der Waals surface area (Å²) in [6, 6.07) is 0. The van der Waals surface area contributed by atoms with E-state index in [1.165, 1.54) is 24.0 Å². The summed E-state index contributed by atoms with van der Waals surface area (Å²) in [5, 5.41) is 39.5. The van der Waals surface area contributed by atoms with Gasteiger partial charge in [-0.2, -0.15) is 0 Å². The van der Waals surface area contributed by atoms with Crippen molar-refractivity contribution >= 4 is 16.9 Å². The van der Waals surface area contributed by atoms with E-state index in [1.807, 2.05) is 5.48 Å². The second-order valence-corrected chi connectivity index (χ2v) is 5.51. The molecule has 2 aromatic heterocycles. The lowest BCUT2D eigenvalue weighted by Crippen LogP contribution is -2.44. The molecule has 0 aromatic carbocycles. The summed E-state index contributed by atoms with van der Waals surface area (Å²) in [6.45, 7) is 0.944. The van der Waals surface area contributed by atoms with Crippen LogP contribution < -0.4 is 5.48 Å². The Bertz CT molecular complexity index is 781. The van der Waals surface area contributed by atoms with Crippen LogP contribution in [0.25, 0.3) is 11.0 Å². The Labute approximate surface area is 131 Å². The molecule has 5 N–H and O–H groups in total. The van der Waals surface area contributed by atoms with E-state index in [4.69, 9.17) is 11.2 Å². The Morgan fingerprint density at radius 3 is 2.83 bits per heavy atom. The molecule has 122 valence electrons. The number of nitrogens with zero attached hydrogens (tertiary/aromatic N) is 3. The van der Waals surface area contributed by atoms with Crippen molar-refractivity contribution in [1.29, 1.82) is 0 Å². The topological polar surface area (TPSA) is 133 Å². The Morgan fingerprint density at radius 2 is 2.26 bits per heavy atom. The van der Waals surface area contributed by atoms with Gasteiger partial charge >= 0.3 is 0 Å². The zero-order valence-corrected chi connectivity index (χ0v) is 12.2. The van der Waals surface area contributed by atoms with Crippen molar-refractivity contribution in [2.75, 3.05) is 12.1 Å². The molecule has 0 amide bonds. The number of hydrogen-bond acceptors (Lipinski definition) is 8. The first kappa shape index (κ1) is 15.7. The molecule has 23 heavy (non-hydrogen) atoms. The maximum atomic E-state index is 10.6. The Hall–Kier alpha value is -2.22. The Balaban J connectivity index is 2.20. The van der Waals surface area contributed by atoms with Gasteiger partial charge in [0.25, 0.3) is 0 Å². The molecule has 3 rings (SSSR count). The van der Waals surface area contributed by atoms with E-state index in [2.05, 4.69) is 15.9 Å². The van der Waals surface area contributed by atoms with Crippen molar-refractivity contribution in [3.8, 4) is 12.3 Å². The monoisotopic (exact) mass is 320 g/mol. The number of fused-ring (bicyclic) bond motifs is 1. The highest BCUT2D eigenvalue weighted by atomic mass is 16.6. The van der Waals surface area contributed by atoms with Crippen LogP contribution in [0.4, 0.5) is 5.82 Å². The van der Waals surface area contributed by atoms with Gasteiger partial charge in [0.15, 0.2) is 12.0 Å². The van der Waals surface area contributed by atoms with E-state index >= 15 is 0 Å². The average molecular weight is 320 g/mol. The number of terminal acetylenes is 1. The van der Waals surface area contributed by atoms with Gasteiger partial charge in [0.1, 0.15) is 29.8 Å². The smallest absolute Gasteiger partial charge is 0.167 e. The zero-order valence-electron chi connectivity index (χ0n) is 12.2. The number of aliphatic hydroxyl groups is 3. The lowest BCUT2D eigenvalue weighted by atomic mass is 9.96. The van der Waals surface area contributed by atoms with Crippen LogP contribution in [0.1, 0.15) is 18.7 Å². The summed E-state index contributed by atoms with van der Waals surface area (Å²) >= 11 is 0. The molecular formula is C14H16N4O5. The minimum atomic E-state index is -1.68. The normalized spacial score (nSPS) is 30.5. The highest BCUT2D eigenvalue weighted by Crippen LogP contribution is 2.40. The largest absolute Gasteiger partial charge is 0.394 e. The molecule has 3 unspecified atom stereocenters. The number of aliphatic hydroxyl groups excluding tert-OH is 2. The summed E-state index contributed by atoms with van der Waals surface area (Å²) in [5.41, 5.74) is 0.947. The number of rotatable bonds is 3. The van der Waals surface area contributed by atoms with Gasteiger partial charge in [-0.1, -0.05) is 5.92 Å². The van der Waals surface area contributed by atoms with Crippen LogP contribution in [0, 0.1) is 12.3 Å². The number of nitrogens with one attached hydrogen (secondary N) is 1. The molecule has 4 atom stereocenters. The summed E-state index contributed by atoms with van der Waals surface area (Å²) in [7, 11) is 0. The van der Waals surface area contributed by atoms with Crippen molar-refractivity contribution in [3.63, 3.8) is 0 Å². The standard InChI is InChI=1S/C14H16N4O5/c1-3-7-4-18(12-9(7)11(17-22)15-6-16-12)13-14(2,21)10(20)8(5-19)23-13/h1,4,6,8,10,13,19-22H,5H2,2H3,(H,15,16,17)/t8?,10-,13?,14?/m1/s1. The average Bonchev–Trinajstić information content (AvgIpc) is 3.03. The second kappa shape index (κ2) is 5.45. The molecule has 0 radical (unpaired) electrons. The van der Waals surface area contributed by atoms with Gasteiger partial charge in [-0.15, -0.1) is 6.42 Å². The lowest BCUT2D eigenvalue weighted by Gasteiger charge is -2.27. The van der Waals surface area contributed by atoms with Gasteiger partial charge in [-0.3, -0.25) is 10.7 Å². The fourth-order valence-corrected chi connectivity index (χ4v) is 2.85. The minimum absolute atomic E-state index is 0.110. The molecule has 0 bridgehead atoms. The summed E-state index contributed by atoms with van der Waals surface area (Å²) in [4.78, 5) is 8.00. The summed E-state index contributed by atoms with van der Waals surface area (Å²) in [6.07, 6.45) is 4.93. The molecule has 1 aliphatic heterocycles. The third-order valence-corrected chi connectivity index (χ3v) is 4.06. The second-order valence-electron chi connectivity index (χ2n) is 5.51. The van der Waals surface area contributed by atoms with E-state index in [0.717, 1.165) is 0 Å². The third kappa shape index (κ3) is 2.16. The molecule has 0 aliphatic carbocycles. The van der Waals surface area contributed by atoms with Crippen molar-refractivity contribution in [1.82, 2.24) is 14.5 Å². The maximum absolute atomic E-state index is 10.6. The van der Waals surface area contributed by atoms with Gasteiger partial charge < -0.3 is 24.6 Å². The molecule has 3 heterocycles. The first-order chi connectivity index (χ1) is 11.0. The quantitative estimate of drug-likeness (QED) is 0.367. The van der Waals surface area contributed by atoms with Crippen LogP contribution >= 0.6 is 0 Å². The van der Waals surface area contributed by atoms with E-state index < -0.39 is 30.6 Å². The van der Waals surface area contributed by atoms with E-state index in [-0.39, 0.29) is 5.82 Å². The maximum Gasteiger partial charge on any atom is 0.167 e. The number of hydrogen-bond donors (Lipinski definition) is 5. The first-order valence-electron chi connectivity index (χ1n) is 6.84. The van der Waals surface area contributed by atoms with Crippen LogP contribution in [-0.4, -0.2) is 59.5 Å². The highest BCUT2D eigenvalue weighted by Gasteiger charge is 2.53. The van der Waals surface area contributed by atoms with Gasteiger partial charge in [0.05, 0.1) is 17.6 Å². The lowest BCUT2D eigenvalue weighted by molar-refractivity contribution is -0.0948. The van der Waals surface area contributed by atoms with Gasteiger partial charge in [-0.25, -0.2) is 9.97 Å². The summed E-state index contributed by atoms with van der Waals surface area (Å²) in [5.74, 6) is 2.56. The molecule has 9 nitrogen and oxygen atoms in total. The van der Waals surface area contributed by atoms with Gasteiger partial charge in [0.2, 0.25) is 0 Å². The van der Waals surface area contributed by atoms with Crippen molar-refractivity contribution in [2.45, 2.75) is 31.0 Å². The SMILES string of the molecule is C#Cc1cn(C2OC(CO)[C@@H](O)C2(C)O)c2ncnc(NO)c12. The van der Waals surface area contributed by atoms with Crippen LogP contribution in [0.15, 0.2) is 12.5 Å². The van der Waals surface area contributed by atoms with Crippen molar-refractivity contribution < 1.29 is 25.3 Å². The molecule has 0 saturated carbocycles. The predicted octanol–water partition coefficient (Wildman–Crippen LogP) is -0.785. The molecule has 1 fully saturated rings. The van der Waals surface area contributed by atoms with Crippen LogP contribution in [0.3, 0.4) is 0 Å². The van der Waals surface area contributed by atoms with Gasteiger partial charge in [-0.05, 0) is 6.92 Å². The fraction of sp³-hybridized carbons (Fsp3) is 0.429. The van der Waals surface area contributed by atoms with E-state index in [9.17, 15) is 20.5 Å². The van der Waals surface area contributed by atoms with Crippen LogP contribution in [0.2, 0.25) is 0 Å². The third-order valence-electron chi connectivity index (χ3n) is 4.06. The molecule has 1 aliphatic rings. The molecule has 9 heteroatoms. The number of anilines is 1. The van der Waals surface area contributed by atoms with Gasteiger partial charge in [0, 0.05) is 6.20 Å². The fourth-order valence-electron chi connectivity index (χ4n) is 2.85. The van der Waals surface area contributed by atoms with Crippen LogP contribution in [0.5, 0.6) is 0 Å².